The van der Waals surface area contributed by atoms with Gasteiger partial charge in [0.05, 0.1) is 19.1 Å². The molecule has 1 N–H and O–H groups in total. The third-order valence-corrected chi connectivity index (χ3v) is 6.12. The van der Waals surface area contributed by atoms with Crippen LogP contribution < -0.4 is 5.32 Å². The third-order valence-electron chi connectivity index (χ3n) is 6.12. The van der Waals surface area contributed by atoms with Crippen LogP contribution in [0.3, 0.4) is 0 Å². The predicted octanol–water partition coefficient (Wildman–Crippen LogP) is 2.19. The number of nitrogens with one attached hydrogen (secondary N) is 1. The molecule has 2 aliphatic heterocycles. The first kappa shape index (κ1) is 21.8. The van der Waals surface area contributed by atoms with Gasteiger partial charge in [-0.2, -0.15) is 0 Å². The zero-order valence-electron chi connectivity index (χ0n) is 18.0. The Morgan fingerprint density at radius 3 is 2.07 bits per heavy atom. The topological polar surface area (TPSA) is 55.9 Å². The van der Waals surface area contributed by atoms with E-state index < -0.39 is 0 Å². The standard InChI is InChI=1S/C23H36N4O2/c1-3-21(20-9-7-19(2)8-10-20)24-22(28)17-25-13-15-26(16-14-25)18-23(29)27-11-5-4-6-12-27/h7-10,21H,3-6,11-18H2,1-2H3,(H,24,28)/t21-/m1/s1. The summed E-state index contributed by atoms with van der Waals surface area (Å²) in [4.78, 5) is 31.4. The minimum absolute atomic E-state index is 0.0616. The maximum absolute atomic E-state index is 12.6. The van der Waals surface area contributed by atoms with Gasteiger partial charge in [-0.1, -0.05) is 36.8 Å². The summed E-state index contributed by atoms with van der Waals surface area (Å²) in [5, 5.41) is 3.18. The molecular formula is C23H36N4O2. The van der Waals surface area contributed by atoms with Gasteiger partial charge < -0.3 is 10.2 Å². The Labute approximate surface area is 175 Å². The number of rotatable bonds is 7. The van der Waals surface area contributed by atoms with Crippen molar-refractivity contribution in [3.63, 3.8) is 0 Å². The number of piperazine rings is 1. The molecule has 2 aliphatic rings. The minimum atomic E-state index is 0.0616. The first-order chi connectivity index (χ1) is 14.0. The van der Waals surface area contributed by atoms with Gasteiger partial charge in [-0.15, -0.1) is 0 Å². The van der Waals surface area contributed by atoms with Crippen LogP contribution in [0.2, 0.25) is 0 Å². The van der Waals surface area contributed by atoms with Crippen LogP contribution in [-0.2, 0) is 9.59 Å². The maximum atomic E-state index is 12.6. The molecule has 0 bridgehead atoms. The van der Waals surface area contributed by atoms with E-state index in [0.29, 0.717) is 13.1 Å². The summed E-state index contributed by atoms with van der Waals surface area (Å²) in [5.41, 5.74) is 2.39. The highest BCUT2D eigenvalue weighted by Crippen LogP contribution is 2.17. The summed E-state index contributed by atoms with van der Waals surface area (Å²) < 4.78 is 0. The fourth-order valence-electron chi connectivity index (χ4n) is 4.20. The first-order valence-corrected chi connectivity index (χ1v) is 11.1. The summed E-state index contributed by atoms with van der Waals surface area (Å²) in [6.07, 6.45) is 4.39. The van der Waals surface area contributed by atoms with Crippen LogP contribution >= 0.6 is 0 Å². The number of aryl methyl sites for hydroxylation is 1. The van der Waals surface area contributed by atoms with Gasteiger partial charge in [-0.05, 0) is 38.2 Å². The number of nitrogens with zero attached hydrogens (tertiary/aromatic N) is 3. The van der Waals surface area contributed by atoms with E-state index in [1.165, 1.54) is 12.0 Å². The Morgan fingerprint density at radius 2 is 1.48 bits per heavy atom. The van der Waals surface area contributed by atoms with E-state index in [1.807, 2.05) is 4.90 Å². The fraction of sp³-hybridized carbons (Fsp3) is 0.652. The predicted molar refractivity (Wildman–Crippen MR) is 116 cm³/mol. The number of carbonyl (C=O) groups excluding carboxylic acids is 2. The van der Waals surface area contributed by atoms with Gasteiger partial charge in [0.2, 0.25) is 11.8 Å². The van der Waals surface area contributed by atoms with Crippen molar-refractivity contribution in [2.24, 2.45) is 0 Å². The van der Waals surface area contributed by atoms with E-state index in [9.17, 15) is 9.59 Å². The lowest BCUT2D eigenvalue weighted by atomic mass is 10.0. The molecule has 6 heteroatoms. The van der Waals surface area contributed by atoms with Crippen LogP contribution in [0, 0.1) is 6.92 Å². The largest absolute Gasteiger partial charge is 0.348 e. The Kier molecular flexibility index (Phi) is 8.07. The summed E-state index contributed by atoms with van der Waals surface area (Å²) in [7, 11) is 0. The summed E-state index contributed by atoms with van der Waals surface area (Å²) in [5.74, 6) is 0.343. The molecule has 2 amide bonds. The van der Waals surface area contributed by atoms with Gasteiger partial charge >= 0.3 is 0 Å². The number of benzene rings is 1. The molecule has 1 aromatic carbocycles. The summed E-state index contributed by atoms with van der Waals surface area (Å²) >= 11 is 0. The molecule has 2 heterocycles. The van der Waals surface area contributed by atoms with Crippen LogP contribution in [0.4, 0.5) is 0 Å². The van der Waals surface area contributed by atoms with Gasteiger partial charge in [0, 0.05) is 39.3 Å². The smallest absolute Gasteiger partial charge is 0.236 e. The van der Waals surface area contributed by atoms with Crippen molar-refractivity contribution in [2.45, 2.75) is 45.6 Å². The van der Waals surface area contributed by atoms with Crippen LogP contribution in [0.15, 0.2) is 24.3 Å². The van der Waals surface area contributed by atoms with Gasteiger partial charge in [0.15, 0.2) is 0 Å². The highest BCUT2D eigenvalue weighted by molar-refractivity contribution is 5.79. The van der Waals surface area contributed by atoms with Crippen molar-refractivity contribution in [2.75, 3.05) is 52.4 Å². The third kappa shape index (κ3) is 6.54. The fourth-order valence-corrected chi connectivity index (χ4v) is 4.20. The molecule has 0 spiro atoms. The average Bonchev–Trinajstić information content (AvgIpc) is 2.75. The molecule has 0 radical (unpaired) electrons. The normalized spacial score (nSPS) is 19.7. The molecule has 29 heavy (non-hydrogen) atoms. The Bertz CT molecular complexity index is 662. The Hall–Kier alpha value is -1.92. The monoisotopic (exact) mass is 400 g/mol. The lowest BCUT2D eigenvalue weighted by Gasteiger charge is -2.36. The Balaban J connectivity index is 1.39. The second-order valence-electron chi connectivity index (χ2n) is 8.43. The molecule has 0 saturated carbocycles. The van der Waals surface area contributed by atoms with E-state index in [0.717, 1.165) is 64.1 Å². The lowest BCUT2D eigenvalue weighted by Crippen LogP contribution is -2.52. The van der Waals surface area contributed by atoms with Crippen LogP contribution in [0.25, 0.3) is 0 Å². The maximum Gasteiger partial charge on any atom is 0.236 e. The average molecular weight is 401 g/mol. The van der Waals surface area contributed by atoms with E-state index in [4.69, 9.17) is 0 Å². The molecule has 1 atom stereocenters. The summed E-state index contributed by atoms with van der Waals surface area (Å²) in [6.45, 7) is 10.3. The SMILES string of the molecule is CC[C@@H](NC(=O)CN1CCN(CC(=O)N2CCCCC2)CC1)c1ccc(C)cc1. The highest BCUT2D eigenvalue weighted by atomic mass is 16.2. The van der Waals surface area contributed by atoms with Gasteiger partial charge in [0.25, 0.3) is 0 Å². The van der Waals surface area contributed by atoms with E-state index in [-0.39, 0.29) is 17.9 Å². The van der Waals surface area contributed by atoms with Gasteiger partial charge in [0.1, 0.15) is 0 Å². The quantitative estimate of drug-likeness (QED) is 0.762. The van der Waals surface area contributed by atoms with Crippen molar-refractivity contribution in [1.29, 1.82) is 0 Å². The number of piperidine rings is 1. The van der Waals surface area contributed by atoms with Crippen LogP contribution in [-0.4, -0.2) is 78.9 Å². The van der Waals surface area contributed by atoms with Crippen molar-refractivity contribution in [1.82, 2.24) is 20.0 Å². The van der Waals surface area contributed by atoms with Crippen molar-refractivity contribution in [3.05, 3.63) is 35.4 Å². The summed E-state index contributed by atoms with van der Waals surface area (Å²) in [6, 6.07) is 8.44. The number of hydrogen-bond acceptors (Lipinski definition) is 4. The zero-order valence-corrected chi connectivity index (χ0v) is 18.0. The second-order valence-corrected chi connectivity index (χ2v) is 8.43. The number of likely N-dealkylation sites (tertiary alicyclic amines) is 1. The molecule has 1 aromatic rings. The van der Waals surface area contributed by atoms with Crippen molar-refractivity contribution in [3.8, 4) is 0 Å². The Morgan fingerprint density at radius 1 is 0.897 bits per heavy atom. The van der Waals surface area contributed by atoms with Crippen molar-refractivity contribution < 1.29 is 9.59 Å². The number of amides is 2. The molecular weight excluding hydrogens is 364 g/mol. The first-order valence-electron chi connectivity index (χ1n) is 11.1. The molecule has 3 rings (SSSR count). The van der Waals surface area contributed by atoms with Crippen LogP contribution in [0.1, 0.15) is 49.8 Å². The van der Waals surface area contributed by atoms with Crippen LogP contribution in [0.5, 0.6) is 0 Å². The second kappa shape index (κ2) is 10.7. The van der Waals surface area contributed by atoms with Gasteiger partial charge in [-0.3, -0.25) is 19.4 Å². The van der Waals surface area contributed by atoms with Crippen molar-refractivity contribution >= 4 is 11.8 Å². The molecule has 0 aromatic heterocycles. The van der Waals surface area contributed by atoms with E-state index >= 15 is 0 Å². The molecule has 6 nitrogen and oxygen atoms in total. The molecule has 2 saturated heterocycles. The lowest BCUT2D eigenvalue weighted by molar-refractivity contribution is -0.134. The van der Waals surface area contributed by atoms with Gasteiger partial charge in [-0.25, -0.2) is 0 Å². The molecule has 0 aliphatic carbocycles. The highest BCUT2D eigenvalue weighted by Gasteiger charge is 2.24. The molecule has 0 unspecified atom stereocenters. The van der Waals surface area contributed by atoms with E-state index in [1.54, 1.807) is 0 Å². The van der Waals surface area contributed by atoms with E-state index in [2.05, 4.69) is 53.2 Å². The minimum Gasteiger partial charge on any atom is -0.348 e. The number of hydrogen-bond donors (Lipinski definition) is 1. The molecule has 160 valence electrons. The number of carbonyl (C=O) groups is 2. The molecule has 2 fully saturated rings. The zero-order chi connectivity index (χ0) is 20.6.